The van der Waals surface area contributed by atoms with Crippen LogP contribution in [0.4, 0.5) is 0 Å². The standard InChI is InChI=1S/C17H20N4O3/c18-17(23)13-6-9-20(10-7-13)16(22)12-24-15-8-11-21(19-15)14-4-2-1-3-5-14/h1-5,8,11,13H,6-7,9-10,12H2,(H2,18,23). The van der Waals surface area contributed by atoms with Gasteiger partial charge < -0.3 is 15.4 Å². The number of primary amides is 1. The molecule has 0 aliphatic carbocycles. The highest BCUT2D eigenvalue weighted by Gasteiger charge is 2.26. The van der Waals surface area contributed by atoms with E-state index in [9.17, 15) is 9.59 Å². The quantitative estimate of drug-likeness (QED) is 0.885. The largest absolute Gasteiger partial charge is 0.466 e. The SMILES string of the molecule is NC(=O)C1CCN(C(=O)COc2ccn(-c3ccccc3)n2)CC1. The van der Waals surface area contributed by atoms with Crippen LogP contribution in [0.2, 0.25) is 0 Å². The number of likely N-dealkylation sites (tertiary alicyclic amines) is 1. The molecular weight excluding hydrogens is 308 g/mol. The summed E-state index contributed by atoms with van der Waals surface area (Å²) in [6, 6.07) is 11.4. The molecule has 0 saturated carbocycles. The summed E-state index contributed by atoms with van der Waals surface area (Å²) in [6.45, 7) is 1.01. The van der Waals surface area contributed by atoms with Gasteiger partial charge in [-0.2, -0.15) is 0 Å². The van der Waals surface area contributed by atoms with E-state index in [4.69, 9.17) is 10.5 Å². The molecule has 2 N–H and O–H groups in total. The molecule has 0 spiro atoms. The summed E-state index contributed by atoms with van der Waals surface area (Å²) in [5.74, 6) is -0.118. The maximum absolute atomic E-state index is 12.2. The lowest BCUT2D eigenvalue weighted by atomic mass is 9.96. The lowest BCUT2D eigenvalue weighted by molar-refractivity contribution is -0.136. The Balaban J connectivity index is 1.50. The van der Waals surface area contributed by atoms with E-state index < -0.39 is 0 Å². The first-order valence-electron chi connectivity index (χ1n) is 7.94. The number of amides is 2. The number of rotatable bonds is 5. The Morgan fingerprint density at radius 1 is 1.17 bits per heavy atom. The summed E-state index contributed by atoms with van der Waals surface area (Å²) in [6.07, 6.45) is 3.01. The number of carbonyl (C=O) groups is 2. The number of carbonyl (C=O) groups excluding carboxylic acids is 2. The summed E-state index contributed by atoms with van der Waals surface area (Å²) < 4.78 is 7.18. The van der Waals surface area contributed by atoms with Gasteiger partial charge in [0, 0.05) is 31.3 Å². The molecule has 1 fully saturated rings. The molecule has 7 nitrogen and oxygen atoms in total. The van der Waals surface area contributed by atoms with Crippen LogP contribution in [-0.4, -0.2) is 46.2 Å². The van der Waals surface area contributed by atoms with Crippen molar-refractivity contribution >= 4 is 11.8 Å². The minimum Gasteiger partial charge on any atom is -0.466 e. The molecule has 0 atom stereocenters. The number of hydrogen-bond donors (Lipinski definition) is 1. The topological polar surface area (TPSA) is 90.5 Å². The lowest BCUT2D eigenvalue weighted by Crippen LogP contribution is -2.43. The van der Waals surface area contributed by atoms with Crippen LogP contribution in [0.5, 0.6) is 5.88 Å². The Bertz CT molecular complexity index is 706. The van der Waals surface area contributed by atoms with Crippen LogP contribution in [0.3, 0.4) is 0 Å². The van der Waals surface area contributed by atoms with Gasteiger partial charge in [-0.1, -0.05) is 18.2 Å². The second-order valence-electron chi connectivity index (χ2n) is 5.78. The number of benzene rings is 1. The number of aromatic nitrogens is 2. The van der Waals surface area contributed by atoms with Gasteiger partial charge in [-0.3, -0.25) is 9.59 Å². The smallest absolute Gasteiger partial charge is 0.260 e. The third-order valence-corrected chi connectivity index (χ3v) is 4.18. The Morgan fingerprint density at radius 2 is 1.88 bits per heavy atom. The number of hydrogen-bond acceptors (Lipinski definition) is 4. The Morgan fingerprint density at radius 3 is 2.54 bits per heavy atom. The maximum Gasteiger partial charge on any atom is 0.260 e. The van der Waals surface area contributed by atoms with Crippen LogP contribution >= 0.6 is 0 Å². The second kappa shape index (κ2) is 7.16. The molecule has 3 rings (SSSR count). The predicted molar refractivity (Wildman–Crippen MR) is 87.6 cm³/mol. The van der Waals surface area contributed by atoms with Gasteiger partial charge in [0.15, 0.2) is 6.61 Å². The molecule has 2 aromatic rings. The number of para-hydroxylation sites is 1. The van der Waals surface area contributed by atoms with E-state index >= 15 is 0 Å². The molecule has 0 radical (unpaired) electrons. The van der Waals surface area contributed by atoms with Crippen molar-refractivity contribution in [1.29, 1.82) is 0 Å². The molecule has 2 amide bonds. The molecule has 1 saturated heterocycles. The minimum atomic E-state index is -0.287. The summed E-state index contributed by atoms with van der Waals surface area (Å²) in [7, 11) is 0. The van der Waals surface area contributed by atoms with Crippen molar-refractivity contribution in [2.45, 2.75) is 12.8 Å². The van der Waals surface area contributed by atoms with Crippen LogP contribution in [0.15, 0.2) is 42.6 Å². The van der Waals surface area contributed by atoms with Gasteiger partial charge in [-0.25, -0.2) is 4.68 Å². The number of nitrogens with two attached hydrogens (primary N) is 1. The van der Waals surface area contributed by atoms with Gasteiger partial charge in [-0.05, 0) is 25.0 Å². The molecule has 2 heterocycles. The van der Waals surface area contributed by atoms with Crippen molar-refractivity contribution in [3.63, 3.8) is 0 Å². The molecule has 24 heavy (non-hydrogen) atoms. The normalized spacial score (nSPS) is 15.2. The first-order chi connectivity index (χ1) is 11.6. The summed E-state index contributed by atoms with van der Waals surface area (Å²) in [5.41, 5.74) is 6.22. The van der Waals surface area contributed by atoms with Crippen LogP contribution in [0.25, 0.3) is 5.69 Å². The van der Waals surface area contributed by atoms with Gasteiger partial charge >= 0.3 is 0 Å². The monoisotopic (exact) mass is 328 g/mol. The van der Waals surface area contributed by atoms with Crippen molar-refractivity contribution in [2.75, 3.05) is 19.7 Å². The number of nitrogens with zero attached hydrogens (tertiary/aromatic N) is 3. The van der Waals surface area contributed by atoms with Gasteiger partial charge in [0.05, 0.1) is 5.69 Å². The molecule has 0 bridgehead atoms. The zero-order valence-corrected chi connectivity index (χ0v) is 13.3. The van der Waals surface area contributed by atoms with Crippen molar-refractivity contribution < 1.29 is 14.3 Å². The van der Waals surface area contributed by atoms with Gasteiger partial charge in [0.25, 0.3) is 5.91 Å². The van der Waals surface area contributed by atoms with E-state index in [1.54, 1.807) is 21.8 Å². The van der Waals surface area contributed by atoms with Crippen LogP contribution < -0.4 is 10.5 Å². The predicted octanol–water partition coefficient (Wildman–Crippen LogP) is 0.975. The fourth-order valence-corrected chi connectivity index (χ4v) is 2.75. The molecule has 0 unspecified atom stereocenters. The molecular formula is C17H20N4O3. The molecule has 126 valence electrons. The first-order valence-corrected chi connectivity index (χ1v) is 7.94. The average molecular weight is 328 g/mol. The van der Waals surface area contributed by atoms with Crippen LogP contribution in [0.1, 0.15) is 12.8 Å². The van der Waals surface area contributed by atoms with Crippen molar-refractivity contribution in [1.82, 2.24) is 14.7 Å². The van der Waals surface area contributed by atoms with Crippen LogP contribution in [-0.2, 0) is 9.59 Å². The lowest BCUT2D eigenvalue weighted by Gasteiger charge is -2.30. The fourth-order valence-electron chi connectivity index (χ4n) is 2.75. The van der Waals surface area contributed by atoms with E-state index in [1.165, 1.54) is 0 Å². The van der Waals surface area contributed by atoms with Crippen molar-refractivity contribution in [3.05, 3.63) is 42.6 Å². The molecule has 1 aliphatic heterocycles. The Kier molecular flexibility index (Phi) is 4.79. The van der Waals surface area contributed by atoms with Crippen LogP contribution in [0, 0.1) is 5.92 Å². The highest BCUT2D eigenvalue weighted by atomic mass is 16.5. The Labute approximate surface area is 140 Å². The maximum atomic E-state index is 12.2. The summed E-state index contributed by atoms with van der Waals surface area (Å²) in [5, 5.41) is 4.30. The third kappa shape index (κ3) is 3.73. The van der Waals surface area contributed by atoms with E-state index in [0.29, 0.717) is 31.8 Å². The highest BCUT2D eigenvalue weighted by Crippen LogP contribution is 2.17. The number of ether oxygens (including phenoxy) is 1. The molecule has 1 aromatic carbocycles. The van der Waals surface area contributed by atoms with Crippen molar-refractivity contribution in [2.24, 2.45) is 11.7 Å². The third-order valence-electron chi connectivity index (χ3n) is 4.18. The van der Waals surface area contributed by atoms with E-state index in [2.05, 4.69) is 5.10 Å². The Hall–Kier alpha value is -2.83. The molecule has 1 aromatic heterocycles. The minimum absolute atomic E-state index is 0.0625. The van der Waals surface area contributed by atoms with Gasteiger partial charge in [-0.15, -0.1) is 5.10 Å². The van der Waals surface area contributed by atoms with E-state index in [1.807, 2.05) is 30.3 Å². The van der Waals surface area contributed by atoms with Gasteiger partial charge in [0.1, 0.15) is 0 Å². The molecule has 7 heteroatoms. The fraction of sp³-hybridized carbons (Fsp3) is 0.353. The number of piperidine rings is 1. The summed E-state index contributed by atoms with van der Waals surface area (Å²) >= 11 is 0. The van der Waals surface area contributed by atoms with Crippen molar-refractivity contribution in [3.8, 4) is 11.6 Å². The summed E-state index contributed by atoms with van der Waals surface area (Å²) in [4.78, 5) is 25.0. The second-order valence-corrected chi connectivity index (χ2v) is 5.78. The highest BCUT2D eigenvalue weighted by molar-refractivity contribution is 5.79. The zero-order valence-electron chi connectivity index (χ0n) is 13.3. The van der Waals surface area contributed by atoms with E-state index in [0.717, 1.165) is 5.69 Å². The zero-order chi connectivity index (χ0) is 16.9. The molecule has 1 aliphatic rings. The van der Waals surface area contributed by atoms with E-state index in [-0.39, 0.29) is 24.3 Å². The van der Waals surface area contributed by atoms with Gasteiger partial charge in [0.2, 0.25) is 11.8 Å². The first kappa shape index (κ1) is 16.0. The average Bonchev–Trinajstić information content (AvgIpc) is 3.09.